The van der Waals surface area contributed by atoms with E-state index < -0.39 is 0 Å². The third kappa shape index (κ3) is 4.26. The molecule has 0 radical (unpaired) electrons. The van der Waals surface area contributed by atoms with Gasteiger partial charge in [-0.25, -0.2) is 0 Å². The summed E-state index contributed by atoms with van der Waals surface area (Å²) >= 11 is 11.7. The molecule has 1 N–H and O–H groups in total. The number of carbonyl (C=O) groups excluding carboxylic acids is 1. The Morgan fingerprint density at radius 3 is 2.30 bits per heavy atom. The van der Waals surface area contributed by atoms with E-state index in [2.05, 4.69) is 5.32 Å². The summed E-state index contributed by atoms with van der Waals surface area (Å²) in [5.41, 5.74) is 1.73. The topological polar surface area (TPSA) is 29.1 Å². The molecule has 2 nitrogen and oxygen atoms in total. The van der Waals surface area contributed by atoms with Crippen LogP contribution in [0.25, 0.3) is 0 Å². The van der Waals surface area contributed by atoms with Gasteiger partial charge in [0.05, 0.1) is 0 Å². The average molecular weight is 308 g/mol. The Balaban J connectivity index is 1.99. The Morgan fingerprint density at radius 1 is 1.05 bits per heavy atom. The van der Waals surface area contributed by atoms with E-state index in [9.17, 15) is 4.79 Å². The van der Waals surface area contributed by atoms with Crippen molar-refractivity contribution in [1.82, 2.24) is 5.32 Å². The van der Waals surface area contributed by atoms with Crippen LogP contribution >= 0.6 is 23.2 Å². The van der Waals surface area contributed by atoms with Gasteiger partial charge in [-0.15, -0.1) is 11.6 Å². The van der Waals surface area contributed by atoms with Gasteiger partial charge in [-0.1, -0.05) is 41.9 Å². The predicted octanol–water partition coefficient (Wildman–Crippen LogP) is 3.92. The molecule has 4 heteroatoms. The summed E-state index contributed by atoms with van der Waals surface area (Å²) in [6, 6.07) is 16.7. The Bertz CT molecular complexity index is 554. The van der Waals surface area contributed by atoms with Crippen molar-refractivity contribution in [1.29, 1.82) is 0 Å². The Morgan fingerprint density at radius 2 is 1.70 bits per heavy atom. The van der Waals surface area contributed by atoms with Gasteiger partial charge in [0.2, 0.25) is 0 Å². The van der Waals surface area contributed by atoms with Crippen LogP contribution in [0.4, 0.5) is 0 Å². The lowest BCUT2D eigenvalue weighted by atomic mass is 10.1. The number of hydrogen-bond acceptors (Lipinski definition) is 1. The van der Waals surface area contributed by atoms with Gasteiger partial charge in [-0.05, 0) is 36.2 Å². The smallest absolute Gasteiger partial charge is 0.251 e. The van der Waals surface area contributed by atoms with Crippen LogP contribution in [0.1, 0.15) is 15.9 Å². The molecule has 1 atom stereocenters. The van der Waals surface area contributed by atoms with Crippen molar-refractivity contribution in [2.24, 2.45) is 0 Å². The van der Waals surface area contributed by atoms with E-state index in [1.807, 2.05) is 30.3 Å². The Hall–Kier alpha value is -1.51. The second-order valence-corrected chi connectivity index (χ2v) is 5.27. The van der Waals surface area contributed by atoms with Gasteiger partial charge < -0.3 is 5.32 Å². The van der Waals surface area contributed by atoms with Crippen LogP contribution in [0.2, 0.25) is 5.02 Å². The molecule has 2 rings (SSSR count). The standard InChI is InChI=1S/C16H15Cl2NO/c17-11-15(10-12-4-2-1-3-5-12)19-16(20)13-6-8-14(18)9-7-13/h1-9,15H,10-11H2,(H,19,20)/t15-/m0/s1. The minimum Gasteiger partial charge on any atom is -0.348 e. The van der Waals surface area contributed by atoms with Crippen LogP contribution in [0.15, 0.2) is 54.6 Å². The Kier molecular flexibility index (Phi) is 5.45. The van der Waals surface area contributed by atoms with Crippen LogP contribution in [0.5, 0.6) is 0 Å². The quantitative estimate of drug-likeness (QED) is 0.833. The van der Waals surface area contributed by atoms with E-state index in [0.717, 1.165) is 5.56 Å². The number of halogens is 2. The summed E-state index contributed by atoms with van der Waals surface area (Å²) in [7, 11) is 0. The van der Waals surface area contributed by atoms with Gasteiger partial charge in [0.25, 0.3) is 5.91 Å². The van der Waals surface area contributed by atoms with Gasteiger partial charge in [-0.2, -0.15) is 0 Å². The normalized spacial score (nSPS) is 11.9. The molecule has 2 aromatic rings. The summed E-state index contributed by atoms with van der Waals surface area (Å²) in [5, 5.41) is 3.55. The number of hydrogen-bond donors (Lipinski definition) is 1. The number of amides is 1. The van der Waals surface area contributed by atoms with E-state index in [-0.39, 0.29) is 11.9 Å². The molecule has 0 aromatic heterocycles. The van der Waals surface area contributed by atoms with Gasteiger partial charge in [0.15, 0.2) is 0 Å². The molecular formula is C16H15Cl2NO. The first kappa shape index (κ1) is 14.9. The first-order chi connectivity index (χ1) is 9.69. The predicted molar refractivity (Wildman–Crippen MR) is 83.6 cm³/mol. The third-order valence-corrected chi connectivity index (χ3v) is 3.58. The van der Waals surface area contributed by atoms with E-state index in [4.69, 9.17) is 23.2 Å². The maximum atomic E-state index is 12.1. The Labute approximate surface area is 128 Å². The van der Waals surface area contributed by atoms with Crippen LogP contribution in [0, 0.1) is 0 Å². The monoisotopic (exact) mass is 307 g/mol. The van der Waals surface area contributed by atoms with Crippen molar-refractivity contribution in [2.75, 3.05) is 5.88 Å². The molecule has 0 saturated carbocycles. The minimum atomic E-state index is -0.136. The van der Waals surface area contributed by atoms with Crippen LogP contribution in [-0.2, 0) is 6.42 Å². The lowest BCUT2D eigenvalue weighted by Crippen LogP contribution is -2.37. The van der Waals surface area contributed by atoms with Crippen LogP contribution in [-0.4, -0.2) is 17.8 Å². The van der Waals surface area contributed by atoms with E-state index in [1.165, 1.54) is 0 Å². The van der Waals surface area contributed by atoms with Gasteiger partial charge in [0.1, 0.15) is 0 Å². The molecule has 104 valence electrons. The molecular weight excluding hydrogens is 293 g/mol. The van der Waals surface area contributed by atoms with Crippen molar-refractivity contribution >= 4 is 29.1 Å². The molecule has 0 aliphatic heterocycles. The van der Waals surface area contributed by atoms with Crippen LogP contribution in [0.3, 0.4) is 0 Å². The van der Waals surface area contributed by atoms with Crippen LogP contribution < -0.4 is 5.32 Å². The second kappa shape index (κ2) is 7.32. The maximum absolute atomic E-state index is 12.1. The minimum absolute atomic E-state index is 0.0951. The highest BCUT2D eigenvalue weighted by molar-refractivity contribution is 6.30. The number of rotatable bonds is 5. The van der Waals surface area contributed by atoms with Crippen molar-refractivity contribution in [3.05, 3.63) is 70.7 Å². The summed E-state index contributed by atoms with van der Waals surface area (Å²) in [4.78, 5) is 12.1. The highest BCUT2D eigenvalue weighted by Crippen LogP contribution is 2.10. The van der Waals surface area contributed by atoms with Crippen molar-refractivity contribution in [2.45, 2.75) is 12.5 Å². The third-order valence-electron chi connectivity index (χ3n) is 2.95. The molecule has 0 spiro atoms. The molecule has 0 bridgehead atoms. The summed E-state index contributed by atoms with van der Waals surface area (Å²) in [6.07, 6.45) is 0.712. The van der Waals surface area contributed by atoms with E-state index in [1.54, 1.807) is 24.3 Å². The first-order valence-corrected chi connectivity index (χ1v) is 7.26. The second-order valence-electron chi connectivity index (χ2n) is 4.52. The summed E-state index contributed by atoms with van der Waals surface area (Å²) in [6.45, 7) is 0. The van der Waals surface area contributed by atoms with Gasteiger partial charge >= 0.3 is 0 Å². The molecule has 0 aliphatic rings. The molecule has 20 heavy (non-hydrogen) atoms. The fraction of sp³-hybridized carbons (Fsp3) is 0.188. The fourth-order valence-corrected chi connectivity index (χ4v) is 2.23. The highest BCUT2D eigenvalue weighted by atomic mass is 35.5. The molecule has 1 amide bonds. The average Bonchev–Trinajstić information content (AvgIpc) is 2.48. The zero-order chi connectivity index (χ0) is 14.4. The van der Waals surface area contributed by atoms with Crippen molar-refractivity contribution < 1.29 is 4.79 Å². The largest absolute Gasteiger partial charge is 0.348 e. The number of alkyl halides is 1. The lowest BCUT2D eigenvalue weighted by molar-refractivity contribution is 0.0940. The first-order valence-electron chi connectivity index (χ1n) is 6.35. The lowest BCUT2D eigenvalue weighted by Gasteiger charge is -2.16. The number of nitrogens with one attached hydrogen (secondary N) is 1. The SMILES string of the molecule is O=C(N[C@H](CCl)Cc1ccccc1)c1ccc(Cl)cc1. The molecule has 0 heterocycles. The van der Waals surface area contributed by atoms with E-state index >= 15 is 0 Å². The van der Waals surface area contributed by atoms with Crippen molar-refractivity contribution in [3.63, 3.8) is 0 Å². The summed E-state index contributed by atoms with van der Waals surface area (Å²) in [5.74, 6) is 0.233. The van der Waals surface area contributed by atoms with Gasteiger partial charge in [0, 0.05) is 22.5 Å². The molecule has 0 unspecified atom stereocenters. The zero-order valence-corrected chi connectivity index (χ0v) is 12.4. The number of benzene rings is 2. The highest BCUT2D eigenvalue weighted by Gasteiger charge is 2.13. The van der Waals surface area contributed by atoms with Crippen molar-refractivity contribution in [3.8, 4) is 0 Å². The van der Waals surface area contributed by atoms with Gasteiger partial charge in [-0.3, -0.25) is 4.79 Å². The maximum Gasteiger partial charge on any atom is 0.251 e. The van der Waals surface area contributed by atoms with E-state index in [0.29, 0.717) is 22.9 Å². The molecule has 2 aromatic carbocycles. The fourth-order valence-electron chi connectivity index (χ4n) is 1.91. The molecule has 0 aliphatic carbocycles. The molecule has 0 saturated heterocycles. The summed E-state index contributed by atoms with van der Waals surface area (Å²) < 4.78 is 0. The number of carbonyl (C=O) groups is 1. The zero-order valence-electron chi connectivity index (χ0n) is 10.9. The molecule has 0 fully saturated rings.